The van der Waals surface area contributed by atoms with Crippen molar-refractivity contribution in [2.45, 2.75) is 6.42 Å². The summed E-state index contributed by atoms with van der Waals surface area (Å²) >= 11 is 0. The Hall–Kier alpha value is -2.37. The Morgan fingerprint density at radius 2 is 1.89 bits per heavy atom. The normalized spacial score (nSPS) is 18.5. The molecule has 0 amide bonds. The number of carbonyl (C=O) groups is 3. The summed E-state index contributed by atoms with van der Waals surface area (Å²) in [4.78, 5) is 33.6. The van der Waals surface area contributed by atoms with Crippen molar-refractivity contribution in [1.82, 2.24) is 0 Å². The van der Waals surface area contributed by atoms with E-state index in [9.17, 15) is 14.4 Å². The number of ether oxygens (including phenoxy) is 2. The maximum atomic E-state index is 11.6. The standard InChI is InChI=1S/C13H14O6/c1-18-12(16)9-5-3-8(4-6-11(14)15)7-10(9)13(17)19-2/h3-6,8H,7H2,1-2H3,(H,14,15). The van der Waals surface area contributed by atoms with Crippen LogP contribution in [0.4, 0.5) is 0 Å². The zero-order valence-electron chi connectivity index (χ0n) is 10.6. The molecular formula is C13H14O6. The van der Waals surface area contributed by atoms with Crippen molar-refractivity contribution in [2.24, 2.45) is 5.92 Å². The van der Waals surface area contributed by atoms with Crippen LogP contribution in [0, 0.1) is 5.92 Å². The second-order valence-corrected chi connectivity index (χ2v) is 3.80. The van der Waals surface area contributed by atoms with E-state index >= 15 is 0 Å². The van der Waals surface area contributed by atoms with Crippen LogP contribution in [0.5, 0.6) is 0 Å². The smallest absolute Gasteiger partial charge is 0.338 e. The predicted molar refractivity (Wildman–Crippen MR) is 65.1 cm³/mol. The van der Waals surface area contributed by atoms with E-state index in [1.807, 2.05) is 0 Å². The Morgan fingerprint density at radius 3 is 2.42 bits per heavy atom. The molecule has 1 atom stereocenters. The van der Waals surface area contributed by atoms with Gasteiger partial charge in [0.15, 0.2) is 0 Å². The average Bonchev–Trinajstić information content (AvgIpc) is 2.43. The van der Waals surface area contributed by atoms with Crippen molar-refractivity contribution in [3.8, 4) is 0 Å². The van der Waals surface area contributed by atoms with Crippen LogP contribution in [0.3, 0.4) is 0 Å². The molecule has 0 aromatic carbocycles. The van der Waals surface area contributed by atoms with Crippen molar-refractivity contribution >= 4 is 17.9 Å². The van der Waals surface area contributed by atoms with Crippen molar-refractivity contribution in [2.75, 3.05) is 14.2 Å². The Bertz CT molecular complexity index is 483. The van der Waals surface area contributed by atoms with Gasteiger partial charge in [0, 0.05) is 6.08 Å². The van der Waals surface area contributed by atoms with Crippen LogP contribution >= 0.6 is 0 Å². The maximum Gasteiger partial charge on any atom is 0.338 e. The number of aliphatic carboxylic acids is 1. The number of carboxylic acid groups (broad SMARTS) is 1. The van der Waals surface area contributed by atoms with Crippen LogP contribution in [-0.4, -0.2) is 37.2 Å². The first-order valence-corrected chi connectivity index (χ1v) is 5.48. The fourth-order valence-corrected chi connectivity index (χ4v) is 1.69. The minimum atomic E-state index is -1.07. The van der Waals surface area contributed by atoms with Gasteiger partial charge in [-0.15, -0.1) is 0 Å². The van der Waals surface area contributed by atoms with E-state index in [0.29, 0.717) is 0 Å². The first kappa shape index (κ1) is 14.7. The number of hydrogen-bond acceptors (Lipinski definition) is 5. The summed E-state index contributed by atoms with van der Waals surface area (Å²) in [6.45, 7) is 0. The van der Waals surface area contributed by atoms with Gasteiger partial charge < -0.3 is 14.6 Å². The zero-order chi connectivity index (χ0) is 14.4. The topological polar surface area (TPSA) is 89.9 Å². The van der Waals surface area contributed by atoms with Gasteiger partial charge in [-0.25, -0.2) is 14.4 Å². The highest BCUT2D eigenvalue weighted by Crippen LogP contribution is 2.26. The van der Waals surface area contributed by atoms with Gasteiger partial charge in [-0.05, 0) is 12.3 Å². The summed E-state index contributed by atoms with van der Waals surface area (Å²) in [5, 5.41) is 8.56. The number of esters is 2. The molecule has 102 valence electrons. The largest absolute Gasteiger partial charge is 0.478 e. The number of allylic oxidation sites excluding steroid dienone is 2. The molecule has 0 heterocycles. The predicted octanol–water partition coefficient (Wildman–Crippen LogP) is 0.846. The molecule has 6 nitrogen and oxygen atoms in total. The van der Waals surface area contributed by atoms with Crippen molar-refractivity contribution in [3.05, 3.63) is 35.5 Å². The Morgan fingerprint density at radius 1 is 1.26 bits per heavy atom. The lowest BCUT2D eigenvalue weighted by atomic mass is 9.89. The average molecular weight is 266 g/mol. The van der Waals surface area contributed by atoms with E-state index in [4.69, 9.17) is 5.11 Å². The zero-order valence-corrected chi connectivity index (χ0v) is 10.6. The van der Waals surface area contributed by atoms with Gasteiger partial charge in [0.25, 0.3) is 0 Å². The summed E-state index contributed by atoms with van der Waals surface area (Å²) < 4.78 is 9.19. The Labute approximate surface area is 110 Å². The minimum Gasteiger partial charge on any atom is -0.478 e. The third-order valence-electron chi connectivity index (χ3n) is 2.60. The van der Waals surface area contributed by atoms with Crippen LogP contribution in [-0.2, 0) is 23.9 Å². The summed E-state index contributed by atoms with van der Waals surface area (Å²) in [5.41, 5.74) is 0.311. The van der Waals surface area contributed by atoms with Gasteiger partial charge in [-0.2, -0.15) is 0 Å². The first-order chi connectivity index (χ1) is 8.99. The first-order valence-electron chi connectivity index (χ1n) is 5.48. The molecule has 6 heteroatoms. The van der Waals surface area contributed by atoms with Gasteiger partial charge in [-0.1, -0.05) is 18.2 Å². The van der Waals surface area contributed by atoms with Gasteiger partial charge in [-0.3, -0.25) is 0 Å². The second kappa shape index (κ2) is 6.53. The fourth-order valence-electron chi connectivity index (χ4n) is 1.69. The Kier molecular flexibility index (Phi) is 5.05. The molecule has 0 fully saturated rings. The number of methoxy groups -OCH3 is 2. The van der Waals surface area contributed by atoms with Gasteiger partial charge in [0.2, 0.25) is 0 Å². The number of carboxylic acids is 1. The molecule has 1 rings (SSSR count). The van der Waals surface area contributed by atoms with E-state index in [2.05, 4.69) is 9.47 Å². The maximum absolute atomic E-state index is 11.6. The van der Waals surface area contributed by atoms with E-state index < -0.39 is 17.9 Å². The van der Waals surface area contributed by atoms with Crippen LogP contribution in [0.2, 0.25) is 0 Å². The third-order valence-corrected chi connectivity index (χ3v) is 2.60. The fraction of sp³-hybridized carbons (Fsp3) is 0.308. The quantitative estimate of drug-likeness (QED) is 0.599. The lowest BCUT2D eigenvalue weighted by Crippen LogP contribution is -2.18. The molecule has 0 bridgehead atoms. The second-order valence-electron chi connectivity index (χ2n) is 3.80. The SMILES string of the molecule is COC(=O)C1=C(C(=O)OC)CC(C=CC(=O)O)C=C1. The van der Waals surface area contributed by atoms with Gasteiger partial charge in [0.05, 0.1) is 25.4 Å². The number of rotatable bonds is 4. The lowest BCUT2D eigenvalue weighted by molar-refractivity contribution is -0.139. The summed E-state index contributed by atoms with van der Waals surface area (Å²) in [5.74, 6) is -2.61. The van der Waals surface area contributed by atoms with Crippen LogP contribution in [0.15, 0.2) is 35.5 Å². The molecule has 19 heavy (non-hydrogen) atoms. The lowest BCUT2D eigenvalue weighted by Gasteiger charge is -2.17. The number of carbonyl (C=O) groups excluding carboxylic acids is 2. The molecule has 0 saturated heterocycles. The van der Waals surface area contributed by atoms with E-state index in [-0.39, 0.29) is 23.5 Å². The molecule has 1 aliphatic carbocycles. The molecule has 1 unspecified atom stereocenters. The minimum absolute atomic E-state index is 0.134. The molecular weight excluding hydrogens is 252 g/mol. The summed E-state index contributed by atoms with van der Waals surface area (Å²) in [6.07, 6.45) is 5.71. The van der Waals surface area contributed by atoms with Gasteiger partial charge >= 0.3 is 17.9 Å². The molecule has 0 radical (unpaired) electrons. The highest BCUT2D eigenvalue weighted by atomic mass is 16.5. The molecule has 0 saturated carbocycles. The monoisotopic (exact) mass is 266 g/mol. The highest BCUT2D eigenvalue weighted by Gasteiger charge is 2.25. The van der Waals surface area contributed by atoms with Crippen LogP contribution in [0.1, 0.15) is 6.42 Å². The summed E-state index contributed by atoms with van der Waals surface area (Å²) in [6, 6.07) is 0. The molecule has 0 aliphatic heterocycles. The molecule has 1 aliphatic rings. The van der Waals surface area contributed by atoms with Crippen LogP contribution < -0.4 is 0 Å². The molecule has 1 N–H and O–H groups in total. The van der Waals surface area contributed by atoms with Crippen LogP contribution in [0.25, 0.3) is 0 Å². The molecule has 0 spiro atoms. The Balaban J connectivity index is 3.01. The van der Waals surface area contributed by atoms with Crippen molar-refractivity contribution in [1.29, 1.82) is 0 Å². The highest BCUT2D eigenvalue weighted by molar-refractivity contribution is 6.02. The summed E-state index contributed by atoms with van der Waals surface area (Å²) in [7, 11) is 2.43. The van der Waals surface area contributed by atoms with Crippen molar-refractivity contribution in [3.63, 3.8) is 0 Å². The third kappa shape index (κ3) is 3.80. The van der Waals surface area contributed by atoms with E-state index in [1.165, 1.54) is 26.4 Å². The molecule has 0 aromatic heterocycles. The number of hydrogen-bond donors (Lipinski definition) is 1. The van der Waals surface area contributed by atoms with Gasteiger partial charge in [0.1, 0.15) is 0 Å². The molecule has 0 aromatic rings. The van der Waals surface area contributed by atoms with E-state index in [1.54, 1.807) is 6.08 Å². The van der Waals surface area contributed by atoms with E-state index in [0.717, 1.165) is 6.08 Å². The van der Waals surface area contributed by atoms with Crippen molar-refractivity contribution < 1.29 is 29.0 Å².